The van der Waals surface area contributed by atoms with E-state index in [0.29, 0.717) is 6.26 Å². The summed E-state index contributed by atoms with van der Waals surface area (Å²) in [6, 6.07) is 1.53. The van der Waals surface area contributed by atoms with Crippen molar-refractivity contribution < 1.29 is 14.6 Å². The predicted octanol–water partition coefficient (Wildman–Crippen LogP) is 1.54. The van der Waals surface area contributed by atoms with Crippen LogP contribution in [-0.2, 0) is 9.53 Å². The molecule has 0 aliphatic rings. The molecule has 1 N–H and O–H groups in total. The Hall–Kier alpha value is -1.50. The Morgan fingerprint density at radius 3 is 2.77 bits per heavy atom. The van der Waals surface area contributed by atoms with Crippen molar-refractivity contribution in [3.63, 3.8) is 0 Å². The molecular weight excluding hydrogens is 170 g/mol. The summed E-state index contributed by atoms with van der Waals surface area (Å²) >= 11 is 0. The molecule has 72 valence electrons. The van der Waals surface area contributed by atoms with E-state index in [0.717, 1.165) is 6.42 Å². The Labute approximate surface area is 77.4 Å². The van der Waals surface area contributed by atoms with Crippen molar-refractivity contribution in [1.29, 1.82) is 5.26 Å². The van der Waals surface area contributed by atoms with Crippen molar-refractivity contribution in [3.05, 3.63) is 11.8 Å². The molecule has 13 heavy (non-hydrogen) atoms. The summed E-state index contributed by atoms with van der Waals surface area (Å²) in [7, 11) is 0. The van der Waals surface area contributed by atoms with E-state index < -0.39 is 5.97 Å². The highest BCUT2D eigenvalue weighted by Gasteiger charge is 2.11. The lowest BCUT2D eigenvalue weighted by Gasteiger charge is -2.08. The van der Waals surface area contributed by atoms with Gasteiger partial charge >= 0.3 is 5.97 Å². The minimum atomic E-state index is -0.773. The van der Waals surface area contributed by atoms with Crippen molar-refractivity contribution in [2.45, 2.75) is 20.3 Å². The first kappa shape index (κ1) is 11.5. The van der Waals surface area contributed by atoms with Gasteiger partial charge in [0.1, 0.15) is 12.3 Å². The molecule has 0 fully saturated rings. The van der Waals surface area contributed by atoms with Gasteiger partial charge in [-0.05, 0) is 5.92 Å². The van der Waals surface area contributed by atoms with E-state index >= 15 is 0 Å². The van der Waals surface area contributed by atoms with E-state index in [-0.39, 0.29) is 18.1 Å². The zero-order valence-corrected chi connectivity index (χ0v) is 7.78. The second kappa shape index (κ2) is 6.06. The van der Waals surface area contributed by atoms with Crippen LogP contribution in [0.3, 0.4) is 0 Å². The molecule has 0 heterocycles. The fraction of sp³-hybridized carbons (Fsp3) is 0.556. The van der Waals surface area contributed by atoms with Crippen LogP contribution in [0.1, 0.15) is 20.3 Å². The lowest BCUT2D eigenvalue weighted by Crippen LogP contribution is -2.12. The van der Waals surface area contributed by atoms with Gasteiger partial charge in [-0.25, -0.2) is 4.79 Å². The summed E-state index contributed by atoms with van der Waals surface area (Å²) in [5.41, 5.74) is -0.372. The largest absolute Gasteiger partial charge is 0.514 e. The number of rotatable bonds is 4. The highest BCUT2D eigenvalue weighted by atomic mass is 16.5. The van der Waals surface area contributed by atoms with Gasteiger partial charge in [-0.15, -0.1) is 0 Å². The Balaban J connectivity index is 3.96. The molecule has 0 aromatic rings. The smallest absolute Gasteiger partial charge is 0.352 e. The molecule has 1 unspecified atom stereocenters. The van der Waals surface area contributed by atoms with Gasteiger partial charge in [0, 0.05) is 0 Å². The molecule has 0 radical (unpaired) electrons. The third-order valence-corrected chi connectivity index (χ3v) is 1.67. The van der Waals surface area contributed by atoms with Crippen LogP contribution in [0.25, 0.3) is 0 Å². The molecule has 0 bridgehead atoms. The summed E-state index contributed by atoms with van der Waals surface area (Å²) in [6.45, 7) is 4.18. The van der Waals surface area contributed by atoms with Gasteiger partial charge < -0.3 is 9.84 Å². The number of carbonyl (C=O) groups is 1. The molecule has 0 aliphatic heterocycles. The molecule has 0 aliphatic carbocycles. The molecule has 0 saturated heterocycles. The third-order valence-electron chi connectivity index (χ3n) is 1.67. The second-order valence-electron chi connectivity index (χ2n) is 2.77. The fourth-order valence-electron chi connectivity index (χ4n) is 0.541. The number of aliphatic hydroxyl groups excluding tert-OH is 1. The standard InChI is InChI=1S/C9H13NO3/c1-3-7(2)6-13-9(12)8(4-10)5-11/h5,7,11H,3,6H2,1-2H3/b8-5+. The molecule has 0 aromatic carbocycles. The average molecular weight is 183 g/mol. The summed E-state index contributed by atoms with van der Waals surface area (Å²) in [6.07, 6.45) is 1.36. The van der Waals surface area contributed by atoms with Crippen molar-refractivity contribution >= 4 is 5.97 Å². The van der Waals surface area contributed by atoms with Gasteiger partial charge in [-0.1, -0.05) is 20.3 Å². The van der Waals surface area contributed by atoms with Crippen molar-refractivity contribution in [2.24, 2.45) is 5.92 Å². The maximum Gasteiger partial charge on any atom is 0.352 e. The van der Waals surface area contributed by atoms with E-state index in [1.54, 1.807) is 0 Å². The maximum absolute atomic E-state index is 11.0. The fourth-order valence-corrected chi connectivity index (χ4v) is 0.541. The normalized spacial score (nSPS) is 13.2. The molecule has 4 nitrogen and oxygen atoms in total. The SMILES string of the molecule is CCC(C)COC(=O)/C(C#N)=C/O. The predicted molar refractivity (Wildman–Crippen MR) is 46.7 cm³/mol. The Kier molecular flexibility index (Phi) is 5.37. The number of esters is 1. The zero-order chi connectivity index (χ0) is 10.3. The molecule has 1 atom stereocenters. The van der Waals surface area contributed by atoms with Crippen LogP contribution in [0, 0.1) is 17.2 Å². The minimum Gasteiger partial charge on any atom is -0.514 e. The quantitative estimate of drug-likeness (QED) is 0.310. The molecular formula is C9H13NO3. The highest BCUT2D eigenvalue weighted by Crippen LogP contribution is 2.03. The van der Waals surface area contributed by atoms with Gasteiger partial charge in [0.05, 0.1) is 6.61 Å². The average Bonchev–Trinajstić information content (AvgIpc) is 2.16. The van der Waals surface area contributed by atoms with E-state index in [4.69, 9.17) is 15.1 Å². The first-order valence-electron chi connectivity index (χ1n) is 4.07. The summed E-state index contributed by atoms with van der Waals surface area (Å²) < 4.78 is 4.75. The van der Waals surface area contributed by atoms with Gasteiger partial charge in [-0.3, -0.25) is 0 Å². The van der Waals surface area contributed by atoms with Crippen LogP contribution >= 0.6 is 0 Å². The molecule has 0 rings (SSSR count). The Morgan fingerprint density at radius 1 is 1.77 bits per heavy atom. The van der Waals surface area contributed by atoms with Crippen LogP contribution < -0.4 is 0 Å². The van der Waals surface area contributed by atoms with Crippen LogP contribution in [0.15, 0.2) is 11.8 Å². The molecule has 0 aromatic heterocycles. The van der Waals surface area contributed by atoms with Crippen LogP contribution in [0.2, 0.25) is 0 Å². The van der Waals surface area contributed by atoms with E-state index in [1.165, 1.54) is 6.07 Å². The minimum absolute atomic E-state index is 0.266. The van der Waals surface area contributed by atoms with E-state index in [2.05, 4.69) is 0 Å². The first-order chi connectivity index (χ1) is 6.15. The Bertz CT molecular complexity index is 240. The van der Waals surface area contributed by atoms with Crippen molar-refractivity contribution in [1.82, 2.24) is 0 Å². The van der Waals surface area contributed by atoms with Gasteiger partial charge in [0.15, 0.2) is 5.57 Å². The molecule has 4 heteroatoms. The van der Waals surface area contributed by atoms with Crippen molar-refractivity contribution in [2.75, 3.05) is 6.61 Å². The number of hydrogen-bond donors (Lipinski definition) is 1. The highest BCUT2D eigenvalue weighted by molar-refractivity contribution is 5.92. The second-order valence-corrected chi connectivity index (χ2v) is 2.77. The summed E-state index contributed by atoms with van der Waals surface area (Å²) in [5.74, 6) is -0.507. The first-order valence-corrected chi connectivity index (χ1v) is 4.07. The van der Waals surface area contributed by atoms with Crippen molar-refractivity contribution in [3.8, 4) is 6.07 Å². The molecule has 0 spiro atoms. The number of hydrogen-bond acceptors (Lipinski definition) is 4. The molecule has 0 amide bonds. The van der Waals surface area contributed by atoms with E-state index in [1.807, 2.05) is 13.8 Å². The maximum atomic E-state index is 11.0. The zero-order valence-electron chi connectivity index (χ0n) is 7.78. The van der Waals surface area contributed by atoms with Crippen LogP contribution in [0.5, 0.6) is 0 Å². The van der Waals surface area contributed by atoms with Gasteiger partial charge in [-0.2, -0.15) is 5.26 Å². The van der Waals surface area contributed by atoms with Gasteiger partial charge in [0.25, 0.3) is 0 Å². The number of nitriles is 1. The summed E-state index contributed by atoms with van der Waals surface area (Å²) in [4.78, 5) is 11.0. The van der Waals surface area contributed by atoms with Crippen LogP contribution in [-0.4, -0.2) is 17.7 Å². The molecule has 0 saturated carbocycles. The summed E-state index contributed by atoms with van der Waals surface area (Å²) in [5, 5.41) is 16.8. The number of ether oxygens (including phenoxy) is 1. The van der Waals surface area contributed by atoms with Crippen LogP contribution in [0.4, 0.5) is 0 Å². The number of aliphatic hydroxyl groups is 1. The third kappa shape index (κ3) is 4.16. The monoisotopic (exact) mass is 183 g/mol. The van der Waals surface area contributed by atoms with E-state index in [9.17, 15) is 4.79 Å². The Morgan fingerprint density at radius 2 is 2.38 bits per heavy atom. The topological polar surface area (TPSA) is 70.3 Å². The lowest BCUT2D eigenvalue weighted by molar-refractivity contribution is -0.139. The number of carbonyl (C=O) groups excluding carboxylic acids is 1. The number of nitrogens with zero attached hydrogens (tertiary/aromatic N) is 1. The van der Waals surface area contributed by atoms with Gasteiger partial charge in [0.2, 0.25) is 0 Å². The lowest BCUT2D eigenvalue weighted by atomic mass is 10.1.